The Kier molecular flexibility index (Phi) is 29.5. The van der Waals surface area contributed by atoms with Gasteiger partial charge in [0.15, 0.2) is 0 Å². The zero-order valence-electron chi connectivity index (χ0n) is 46.4. The van der Waals surface area contributed by atoms with Crippen molar-refractivity contribution in [2.75, 3.05) is 26.9 Å². The van der Waals surface area contributed by atoms with Crippen LogP contribution in [0.15, 0.2) is 60.7 Å². The van der Waals surface area contributed by atoms with Crippen LogP contribution in [0, 0.1) is 23.7 Å². The lowest BCUT2D eigenvalue weighted by Crippen LogP contribution is -2.56. The molecule has 0 radical (unpaired) electrons. The number of hydrogen-bond acceptors (Lipinski definition) is 14. The lowest BCUT2D eigenvalue weighted by atomic mass is 9.99. The first-order chi connectivity index (χ1) is 36.3. The summed E-state index contributed by atoms with van der Waals surface area (Å²) in [6.45, 7) is 13.7. The third-order valence-corrected chi connectivity index (χ3v) is 12.8. The monoisotopic (exact) mass is 1080 g/mol. The molecule has 77 heavy (non-hydrogen) atoms. The number of esters is 1. The zero-order chi connectivity index (χ0) is 57.9. The molecule has 1 aromatic carbocycles. The molecule has 22 nitrogen and oxygen atoms in total. The predicted octanol–water partition coefficient (Wildman–Crippen LogP) is 1.10. The summed E-state index contributed by atoms with van der Waals surface area (Å²) in [6, 6.07) is -3.12. The fourth-order valence-corrected chi connectivity index (χ4v) is 7.98. The molecule has 430 valence electrons. The number of amides is 8. The SMILES string of the molecule is CCCCCC/C=C\CC(=O)N[C@H](C(=O)N[C@@H](CO)[C@@H](O)CC(=O)N[C@H](C(=O)N[C@H](/C=C/C(=O)N[C@H](C(=O)N[C@@H]1/C=C/C(=O)N[C@@H](C(C)C)C(=O)N(C)[C@@H](Cc2ccc(O)cc2)C(=O)OC1)C(C)C)CO)C(C)C)C(C)C. The van der Waals surface area contributed by atoms with E-state index in [0.717, 1.165) is 44.3 Å². The molecule has 9 atom stereocenters. The topological polar surface area (TPSA) is 331 Å². The Labute approximate surface area is 453 Å². The fraction of sp³-hybridized carbons (Fsp3) is 0.618. The summed E-state index contributed by atoms with van der Waals surface area (Å²) in [5, 5.41) is 59.2. The molecule has 1 aliphatic rings. The van der Waals surface area contributed by atoms with Crippen LogP contribution in [-0.2, 0) is 54.3 Å². The van der Waals surface area contributed by atoms with E-state index in [9.17, 15) is 63.6 Å². The van der Waals surface area contributed by atoms with Crippen molar-refractivity contribution >= 4 is 53.2 Å². The summed E-state index contributed by atoms with van der Waals surface area (Å²) < 4.78 is 5.65. The first kappa shape index (κ1) is 66.5. The molecule has 1 aromatic rings. The second kappa shape index (κ2) is 34.2. The molecular formula is C55H86N8O14. The molecule has 0 saturated heterocycles. The van der Waals surface area contributed by atoms with Crippen LogP contribution < -0.4 is 37.2 Å². The van der Waals surface area contributed by atoms with Crippen molar-refractivity contribution in [3.8, 4) is 5.75 Å². The highest BCUT2D eigenvalue weighted by molar-refractivity contribution is 5.96. The van der Waals surface area contributed by atoms with E-state index >= 15 is 0 Å². The first-order valence-electron chi connectivity index (χ1n) is 26.6. The standard InChI is InChI=1S/C55H86N8O14/c1-11-12-13-14-15-16-17-18-43(68)59-49(34(6)7)53(74)58-40(30-65)42(67)28-46(71)62-48(33(4)5)51(72)56-37(29-64)21-25-44(69)60-47(32(2)3)52(73)57-38-22-26-45(70)61-50(35(8)9)54(75)63(10)41(55(76)77-31-38)27-36-19-23-39(66)24-20-36/h16-17,19-26,32-35,37-38,40-42,47-50,64-67H,11-15,18,27-31H2,1-10H3,(H,56,72)(H,57,73)(H,58,74)(H,59,68)(H,60,69)(H,61,70)(H,62,71)/b17-16-,25-21+,26-22+/t37-,38-,40+,41+,42+,47+,48+,49+,50+/m1/s1. The van der Waals surface area contributed by atoms with Crippen molar-refractivity contribution in [2.45, 2.75) is 168 Å². The van der Waals surface area contributed by atoms with Gasteiger partial charge >= 0.3 is 5.97 Å². The van der Waals surface area contributed by atoms with Crippen molar-refractivity contribution in [2.24, 2.45) is 23.7 Å². The van der Waals surface area contributed by atoms with E-state index < -0.39 is 140 Å². The number of nitrogens with zero attached hydrogens (tertiary/aromatic N) is 1. The van der Waals surface area contributed by atoms with Crippen LogP contribution in [0.5, 0.6) is 5.75 Å². The number of hydrogen-bond donors (Lipinski definition) is 11. The molecule has 0 bridgehead atoms. The lowest BCUT2D eigenvalue weighted by Gasteiger charge is -2.32. The number of nitrogens with one attached hydrogen (secondary N) is 7. The number of phenols is 1. The lowest BCUT2D eigenvalue weighted by molar-refractivity contribution is -0.156. The highest BCUT2D eigenvalue weighted by atomic mass is 16.5. The second-order valence-electron chi connectivity index (χ2n) is 20.7. The van der Waals surface area contributed by atoms with Crippen molar-refractivity contribution in [3.63, 3.8) is 0 Å². The number of aliphatic hydroxyl groups excluding tert-OH is 3. The molecule has 0 aliphatic carbocycles. The van der Waals surface area contributed by atoms with Crippen molar-refractivity contribution in [1.82, 2.24) is 42.1 Å². The van der Waals surface area contributed by atoms with Gasteiger partial charge in [-0.3, -0.25) is 38.4 Å². The molecular weight excluding hydrogens is 997 g/mol. The van der Waals surface area contributed by atoms with E-state index in [0.29, 0.717) is 5.56 Å². The molecule has 2 rings (SSSR count). The summed E-state index contributed by atoms with van der Waals surface area (Å²) in [6.07, 6.45) is 11.3. The number of aromatic hydroxyl groups is 1. The fourth-order valence-electron chi connectivity index (χ4n) is 7.98. The van der Waals surface area contributed by atoms with Crippen molar-refractivity contribution < 1.29 is 68.3 Å². The minimum Gasteiger partial charge on any atom is -0.508 e. The molecule has 11 N–H and O–H groups in total. The van der Waals surface area contributed by atoms with Gasteiger partial charge in [-0.2, -0.15) is 0 Å². The molecule has 1 heterocycles. The number of cyclic esters (lactones) is 1. The highest BCUT2D eigenvalue weighted by Crippen LogP contribution is 2.18. The Hall–Kier alpha value is -6.65. The maximum absolute atomic E-state index is 13.8. The normalized spacial score (nSPS) is 19.3. The van der Waals surface area contributed by atoms with Crippen LogP contribution >= 0.6 is 0 Å². The number of carbonyl (C=O) groups excluding carboxylic acids is 9. The van der Waals surface area contributed by atoms with Gasteiger partial charge in [0.1, 0.15) is 42.6 Å². The van der Waals surface area contributed by atoms with Crippen LogP contribution in [0.4, 0.5) is 0 Å². The number of carbonyl (C=O) groups is 9. The maximum atomic E-state index is 13.8. The summed E-state index contributed by atoms with van der Waals surface area (Å²) in [7, 11) is 1.42. The van der Waals surface area contributed by atoms with E-state index in [1.54, 1.807) is 73.6 Å². The molecule has 0 spiro atoms. The third-order valence-electron chi connectivity index (χ3n) is 12.8. The Bertz CT molecular complexity index is 2200. The quantitative estimate of drug-likeness (QED) is 0.0232. The number of benzene rings is 1. The van der Waals surface area contributed by atoms with Crippen LogP contribution in [-0.4, -0.2) is 160 Å². The summed E-state index contributed by atoms with van der Waals surface area (Å²) in [4.78, 5) is 121. The highest BCUT2D eigenvalue weighted by Gasteiger charge is 2.36. The zero-order valence-corrected chi connectivity index (χ0v) is 46.4. The van der Waals surface area contributed by atoms with E-state index in [1.807, 2.05) is 6.08 Å². The summed E-state index contributed by atoms with van der Waals surface area (Å²) in [5.41, 5.74) is 0.604. The van der Waals surface area contributed by atoms with E-state index in [2.05, 4.69) is 44.1 Å². The smallest absolute Gasteiger partial charge is 0.329 e. The van der Waals surface area contributed by atoms with Gasteiger partial charge in [-0.25, -0.2) is 4.79 Å². The van der Waals surface area contributed by atoms with E-state index in [1.165, 1.54) is 36.2 Å². The number of allylic oxidation sites excluding steroid dienone is 1. The Morgan fingerprint density at radius 3 is 1.94 bits per heavy atom. The van der Waals surface area contributed by atoms with Crippen LogP contribution in [0.3, 0.4) is 0 Å². The average molecular weight is 1080 g/mol. The van der Waals surface area contributed by atoms with Gasteiger partial charge < -0.3 is 67.3 Å². The minimum absolute atomic E-state index is 0.000843. The predicted molar refractivity (Wildman–Crippen MR) is 288 cm³/mol. The largest absolute Gasteiger partial charge is 0.508 e. The second-order valence-corrected chi connectivity index (χ2v) is 20.7. The van der Waals surface area contributed by atoms with Crippen molar-refractivity contribution in [1.29, 1.82) is 0 Å². The van der Waals surface area contributed by atoms with Gasteiger partial charge in [0.2, 0.25) is 47.3 Å². The molecule has 0 unspecified atom stereocenters. The summed E-state index contributed by atoms with van der Waals surface area (Å²) >= 11 is 0. The Morgan fingerprint density at radius 1 is 0.766 bits per heavy atom. The maximum Gasteiger partial charge on any atom is 0.329 e. The molecule has 0 saturated carbocycles. The molecule has 0 aromatic heterocycles. The first-order valence-corrected chi connectivity index (χ1v) is 26.6. The summed E-state index contributed by atoms with van der Waals surface area (Å²) in [5.74, 6) is -7.94. The van der Waals surface area contributed by atoms with Gasteiger partial charge in [0.05, 0.1) is 43.9 Å². The van der Waals surface area contributed by atoms with Gasteiger partial charge in [0.25, 0.3) is 0 Å². The van der Waals surface area contributed by atoms with Gasteiger partial charge in [0, 0.05) is 32.0 Å². The molecule has 22 heteroatoms. The van der Waals surface area contributed by atoms with Gasteiger partial charge in [-0.1, -0.05) is 118 Å². The number of aliphatic hydroxyl groups is 3. The number of ether oxygens (including phenoxy) is 1. The van der Waals surface area contributed by atoms with Crippen molar-refractivity contribution in [3.05, 3.63) is 66.3 Å². The number of unbranched alkanes of at least 4 members (excludes halogenated alkanes) is 4. The Morgan fingerprint density at radius 2 is 1.36 bits per heavy atom. The third kappa shape index (κ3) is 23.6. The number of phenolic OH excluding ortho intramolecular Hbond substituents is 1. The molecule has 0 fully saturated rings. The van der Waals surface area contributed by atoms with E-state index in [4.69, 9.17) is 4.74 Å². The average Bonchev–Trinajstić information content (AvgIpc) is 3.37. The number of likely N-dealkylation sites (N-methyl/N-ethyl adjacent to an activating group) is 1. The number of rotatable bonds is 29. The Balaban J connectivity index is 2.11. The van der Waals surface area contributed by atoms with E-state index in [-0.39, 0.29) is 36.3 Å². The van der Waals surface area contributed by atoms with Gasteiger partial charge in [-0.15, -0.1) is 0 Å². The van der Waals surface area contributed by atoms with Crippen LogP contribution in [0.2, 0.25) is 0 Å². The molecule has 1 aliphatic heterocycles. The molecule has 8 amide bonds. The van der Waals surface area contributed by atoms with Gasteiger partial charge in [-0.05, 0) is 54.2 Å². The van der Waals surface area contributed by atoms with Crippen LogP contribution in [0.25, 0.3) is 0 Å². The minimum atomic E-state index is -1.61. The van der Waals surface area contributed by atoms with Crippen LogP contribution in [0.1, 0.15) is 113 Å².